The van der Waals surface area contributed by atoms with Crippen LogP contribution in [-0.4, -0.2) is 0 Å². The second-order valence-electron chi connectivity index (χ2n) is 4.94. The van der Waals surface area contributed by atoms with Crippen molar-refractivity contribution >= 4 is 21.7 Å². The van der Waals surface area contributed by atoms with Gasteiger partial charge in [0.15, 0.2) is 6.20 Å². The molecule has 0 spiro atoms. The van der Waals surface area contributed by atoms with Crippen LogP contribution in [0.15, 0.2) is 85.1 Å². The first-order valence-electron chi connectivity index (χ1n) is 6.81. The number of rotatable bonds is 1. The molecule has 0 atom stereocenters. The molecule has 0 unspecified atom stereocenters. The molecule has 1 aromatic heterocycles. The van der Waals surface area contributed by atoms with Gasteiger partial charge in [-0.2, -0.15) is 4.57 Å². The first kappa shape index (κ1) is 11.2. The summed E-state index contributed by atoms with van der Waals surface area (Å²) in [5.41, 5.74) is 2.45. The van der Waals surface area contributed by atoms with Gasteiger partial charge in [-0.25, -0.2) is 0 Å². The van der Waals surface area contributed by atoms with Gasteiger partial charge in [0.1, 0.15) is 0 Å². The number of benzene rings is 3. The summed E-state index contributed by atoms with van der Waals surface area (Å²) in [7, 11) is 0. The molecular weight excluding hydrogens is 242 g/mol. The number of aromatic nitrogens is 1. The zero-order valence-corrected chi connectivity index (χ0v) is 11.0. The molecular formula is C19H14N+. The van der Waals surface area contributed by atoms with Crippen molar-refractivity contribution in [2.24, 2.45) is 0 Å². The fourth-order valence-corrected chi connectivity index (χ4v) is 2.79. The molecule has 4 rings (SSSR count). The first-order chi connectivity index (χ1) is 9.93. The Kier molecular flexibility index (Phi) is 2.49. The maximum absolute atomic E-state index is 2.26. The molecule has 0 radical (unpaired) electrons. The molecule has 0 N–H and O–H groups in total. The average Bonchev–Trinajstić information content (AvgIpc) is 2.55. The van der Waals surface area contributed by atoms with Crippen molar-refractivity contribution in [3.8, 4) is 5.69 Å². The number of hydrogen-bond donors (Lipinski definition) is 0. The molecule has 1 nitrogen and oxygen atoms in total. The van der Waals surface area contributed by atoms with Gasteiger partial charge < -0.3 is 0 Å². The second kappa shape index (κ2) is 4.46. The van der Waals surface area contributed by atoms with Crippen LogP contribution in [-0.2, 0) is 0 Å². The van der Waals surface area contributed by atoms with Crippen LogP contribution in [0, 0.1) is 0 Å². The molecule has 0 fully saturated rings. The van der Waals surface area contributed by atoms with E-state index in [0.29, 0.717) is 0 Å². The van der Waals surface area contributed by atoms with Gasteiger partial charge in [-0.1, -0.05) is 42.5 Å². The normalized spacial score (nSPS) is 11.0. The molecule has 0 aliphatic rings. The Bertz CT molecular complexity index is 895. The molecule has 94 valence electrons. The molecule has 0 aliphatic heterocycles. The average molecular weight is 256 g/mol. The van der Waals surface area contributed by atoms with Gasteiger partial charge in [-0.15, -0.1) is 0 Å². The maximum atomic E-state index is 2.26. The van der Waals surface area contributed by atoms with Gasteiger partial charge in [0.05, 0.1) is 5.39 Å². The number of hydrogen-bond acceptors (Lipinski definition) is 0. The van der Waals surface area contributed by atoms with Gasteiger partial charge in [-0.3, -0.25) is 0 Å². The van der Waals surface area contributed by atoms with Crippen LogP contribution >= 0.6 is 0 Å². The molecule has 1 heterocycles. The highest BCUT2D eigenvalue weighted by Gasteiger charge is 2.14. The van der Waals surface area contributed by atoms with Gasteiger partial charge in [-0.05, 0) is 23.6 Å². The lowest BCUT2D eigenvalue weighted by Gasteiger charge is -2.04. The third kappa shape index (κ3) is 1.68. The molecule has 0 saturated carbocycles. The summed E-state index contributed by atoms with van der Waals surface area (Å²) in [6.07, 6.45) is 2.13. The minimum atomic E-state index is 1.19. The predicted molar refractivity (Wildman–Crippen MR) is 83.0 cm³/mol. The quantitative estimate of drug-likeness (QED) is 0.354. The van der Waals surface area contributed by atoms with Crippen molar-refractivity contribution in [1.29, 1.82) is 0 Å². The lowest BCUT2D eigenvalue weighted by molar-refractivity contribution is -0.566. The Hall–Kier alpha value is -2.67. The van der Waals surface area contributed by atoms with Crippen molar-refractivity contribution in [2.75, 3.05) is 0 Å². The highest BCUT2D eigenvalue weighted by Crippen LogP contribution is 2.23. The van der Waals surface area contributed by atoms with E-state index < -0.39 is 0 Å². The molecule has 4 aromatic rings. The van der Waals surface area contributed by atoms with Crippen molar-refractivity contribution < 1.29 is 4.57 Å². The largest absolute Gasteiger partial charge is 0.226 e. The van der Waals surface area contributed by atoms with Crippen LogP contribution in [0.3, 0.4) is 0 Å². The van der Waals surface area contributed by atoms with Gasteiger partial charge in [0, 0.05) is 23.6 Å². The topological polar surface area (TPSA) is 3.88 Å². The van der Waals surface area contributed by atoms with E-state index >= 15 is 0 Å². The second-order valence-corrected chi connectivity index (χ2v) is 4.94. The molecule has 0 bridgehead atoms. The van der Waals surface area contributed by atoms with Crippen molar-refractivity contribution in [1.82, 2.24) is 0 Å². The lowest BCUT2D eigenvalue weighted by atomic mass is 10.1. The maximum Gasteiger partial charge on any atom is 0.226 e. The summed E-state index contributed by atoms with van der Waals surface area (Å²) >= 11 is 0. The monoisotopic (exact) mass is 256 g/mol. The van der Waals surface area contributed by atoms with Crippen LogP contribution in [0.5, 0.6) is 0 Å². The molecule has 1 heteroatoms. The molecule has 0 amide bonds. The number of fused-ring (bicyclic) bond motifs is 3. The standard InChI is InChI=1S/C19H14N/c1-2-9-17(10-3-1)20-14-6-8-16-13-12-15-7-4-5-11-18(15)19(16)20/h1-14H/q+1. The first-order valence-corrected chi connectivity index (χ1v) is 6.81. The van der Waals surface area contributed by atoms with E-state index in [1.54, 1.807) is 0 Å². The SMILES string of the molecule is c1ccc(-[n+]2cccc3ccc4ccccc4c32)cc1. The van der Waals surface area contributed by atoms with E-state index in [-0.39, 0.29) is 0 Å². The van der Waals surface area contributed by atoms with E-state index in [1.807, 2.05) is 6.07 Å². The Morgan fingerprint density at radius 2 is 1.25 bits per heavy atom. The van der Waals surface area contributed by atoms with Gasteiger partial charge in [0.25, 0.3) is 0 Å². The number of para-hydroxylation sites is 1. The molecule has 0 saturated heterocycles. The van der Waals surface area contributed by atoms with Crippen LogP contribution in [0.1, 0.15) is 0 Å². The third-order valence-corrected chi connectivity index (χ3v) is 3.72. The summed E-state index contributed by atoms with van der Waals surface area (Å²) in [6, 6.07) is 27.7. The Labute approximate surface area is 117 Å². The summed E-state index contributed by atoms with van der Waals surface area (Å²) < 4.78 is 2.26. The summed E-state index contributed by atoms with van der Waals surface area (Å²) in [5.74, 6) is 0. The van der Waals surface area contributed by atoms with Crippen molar-refractivity contribution in [3.63, 3.8) is 0 Å². The van der Waals surface area contributed by atoms with Gasteiger partial charge >= 0.3 is 0 Å². The fraction of sp³-hybridized carbons (Fsp3) is 0. The van der Waals surface area contributed by atoms with Crippen molar-refractivity contribution in [2.45, 2.75) is 0 Å². The number of nitrogens with zero attached hydrogens (tertiary/aromatic N) is 1. The van der Waals surface area contributed by atoms with Gasteiger partial charge in [0.2, 0.25) is 11.2 Å². The van der Waals surface area contributed by atoms with Crippen molar-refractivity contribution in [3.05, 3.63) is 85.1 Å². The number of pyridine rings is 1. The third-order valence-electron chi connectivity index (χ3n) is 3.72. The van der Waals surface area contributed by atoms with Crippen LogP contribution in [0.2, 0.25) is 0 Å². The zero-order valence-electron chi connectivity index (χ0n) is 11.0. The minimum Gasteiger partial charge on any atom is -0.159 e. The highest BCUT2D eigenvalue weighted by atomic mass is 15.0. The van der Waals surface area contributed by atoms with E-state index in [9.17, 15) is 0 Å². The highest BCUT2D eigenvalue weighted by molar-refractivity contribution is 6.03. The molecule has 0 aliphatic carbocycles. The summed E-state index contributed by atoms with van der Waals surface area (Å²) in [6.45, 7) is 0. The minimum absolute atomic E-state index is 1.19. The smallest absolute Gasteiger partial charge is 0.159 e. The summed E-state index contributed by atoms with van der Waals surface area (Å²) in [4.78, 5) is 0. The lowest BCUT2D eigenvalue weighted by Crippen LogP contribution is -2.30. The fourth-order valence-electron chi connectivity index (χ4n) is 2.79. The molecule has 20 heavy (non-hydrogen) atoms. The van der Waals surface area contributed by atoms with E-state index in [1.165, 1.54) is 27.4 Å². The Morgan fingerprint density at radius 1 is 0.550 bits per heavy atom. The molecule has 3 aromatic carbocycles. The van der Waals surface area contributed by atoms with Crippen LogP contribution < -0.4 is 4.57 Å². The van der Waals surface area contributed by atoms with E-state index in [2.05, 4.69) is 83.6 Å². The summed E-state index contributed by atoms with van der Waals surface area (Å²) in [5, 5.41) is 3.82. The van der Waals surface area contributed by atoms with Crippen LogP contribution in [0.25, 0.3) is 27.4 Å². The van der Waals surface area contributed by atoms with Crippen LogP contribution in [0.4, 0.5) is 0 Å². The zero-order chi connectivity index (χ0) is 13.4. The predicted octanol–water partition coefficient (Wildman–Crippen LogP) is 4.27. The van der Waals surface area contributed by atoms with E-state index in [0.717, 1.165) is 0 Å². The Morgan fingerprint density at radius 3 is 2.15 bits per heavy atom. The van der Waals surface area contributed by atoms with E-state index in [4.69, 9.17) is 0 Å². The Balaban J connectivity index is 2.19.